The van der Waals surface area contributed by atoms with Gasteiger partial charge in [-0.1, -0.05) is 61.7 Å². The maximum atomic E-state index is 12.7. The lowest BCUT2D eigenvalue weighted by molar-refractivity contribution is -0.126. The molecular formula is C21H25NO2. The second-order valence-corrected chi connectivity index (χ2v) is 6.46. The third kappa shape index (κ3) is 3.97. The molecule has 0 heterocycles. The predicted molar refractivity (Wildman–Crippen MR) is 96.0 cm³/mol. The Morgan fingerprint density at radius 1 is 0.958 bits per heavy atom. The zero-order valence-corrected chi connectivity index (χ0v) is 14.2. The first-order chi connectivity index (χ1) is 11.8. The standard InChI is InChI=1S/C21H25NO2/c1-24-19-14-12-17(13-15-19)20(16-8-4-2-5-9-16)22-21(23)18-10-6-3-7-11-18/h2,4-5,8-9,12-15,18,20H,3,6-7,10-11H2,1H3,(H,22,23). The van der Waals surface area contributed by atoms with E-state index in [1.54, 1.807) is 7.11 Å². The van der Waals surface area contributed by atoms with E-state index in [1.807, 2.05) is 42.5 Å². The van der Waals surface area contributed by atoms with Crippen molar-refractivity contribution in [3.63, 3.8) is 0 Å². The summed E-state index contributed by atoms with van der Waals surface area (Å²) in [7, 11) is 1.66. The van der Waals surface area contributed by atoms with Crippen molar-refractivity contribution < 1.29 is 9.53 Å². The van der Waals surface area contributed by atoms with Gasteiger partial charge >= 0.3 is 0 Å². The van der Waals surface area contributed by atoms with Crippen LogP contribution in [0.2, 0.25) is 0 Å². The number of hydrogen-bond donors (Lipinski definition) is 1. The van der Waals surface area contributed by atoms with Gasteiger partial charge in [-0.05, 0) is 36.1 Å². The van der Waals surface area contributed by atoms with Crippen molar-refractivity contribution in [3.05, 3.63) is 65.7 Å². The molecule has 1 aliphatic carbocycles. The van der Waals surface area contributed by atoms with Crippen LogP contribution in [-0.2, 0) is 4.79 Å². The first-order valence-corrected chi connectivity index (χ1v) is 8.77. The Morgan fingerprint density at radius 3 is 2.21 bits per heavy atom. The second-order valence-electron chi connectivity index (χ2n) is 6.46. The molecule has 1 aliphatic rings. The van der Waals surface area contributed by atoms with Gasteiger partial charge in [0, 0.05) is 5.92 Å². The Morgan fingerprint density at radius 2 is 1.58 bits per heavy atom. The van der Waals surface area contributed by atoms with Crippen LogP contribution in [0.3, 0.4) is 0 Å². The number of amides is 1. The summed E-state index contributed by atoms with van der Waals surface area (Å²) in [5.41, 5.74) is 2.18. The highest BCUT2D eigenvalue weighted by molar-refractivity contribution is 5.79. The highest BCUT2D eigenvalue weighted by Crippen LogP contribution is 2.28. The van der Waals surface area contributed by atoms with Gasteiger partial charge in [0.05, 0.1) is 13.2 Å². The predicted octanol–water partition coefficient (Wildman–Crippen LogP) is 4.48. The van der Waals surface area contributed by atoms with E-state index in [1.165, 1.54) is 6.42 Å². The summed E-state index contributed by atoms with van der Waals surface area (Å²) in [6, 6.07) is 18.0. The lowest BCUT2D eigenvalue weighted by Crippen LogP contribution is -2.35. The molecule has 1 fully saturated rings. The molecule has 0 radical (unpaired) electrons. The quantitative estimate of drug-likeness (QED) is 0.881. The van der Waals surface area contributed by atoms with Gasteiger partial charge in [-0.3, -0.25) is 4.79 Å². The molecule has 0 aromatic heterocycles. The largest absolute Gasteiger partial charge is 0.497 e. The summed E-state index contributed by atoms with van der Waals surface area (Å²) in [4.78, 5) is 12.7. The van der Waals surface area contributed by atoms with E-state index < -0.39 is 0 Å². The molecule has 1 unspecified atom stereocenters. The molecule has 3 rings (SSSR count). The number of benzene rings is 2. The Labute approximate surface area is 144 Å². The number of nitrogens with one attached hydrogen (secondary N) is 1. The van der Waals surface area contributed by atoms with Gasteiger partial charge in [-0.2, -0.15) is 0 Å². The van der Waals surface area contributed by atoms with Crippen LogP contribution in [0, 0.1) is 5.92 Å². The van der Waals surface area contributed by atoms with Crippen LogP contribution in [0.25, 0.3) is 0 Å². The highest BCUT2D eigenvalue weighted by Gasteiger charge is 2.24. The molecule has 0 bridgehead atoms. The smallest absolute Gasteiger partial charge is 0.223 e. The minimum absolute atomic E-state index is 0.119. The van der Waals surface area contributed by atoms with E-state index in [9.17, 15) is 4.79 Å². The van der Waals surface area contributed by atoms with Gasteiger partial charge in [0.25, 0.3) is 0 Å². The monoisotopic (exact) mass is 323 g/mol. The molecule has 126 valence electrons. The molecule has 3 heteroatoms. The molecule has 2 aromatic rings. The Bertz CT molecular complexity index is 645. The summed E-state index contributed by atoms with van der Waals surface area (Å²) >= 11 is 0. The van der Waals surface area contributed by atoms with Gasteiger partial charge in [0.2, 0.25) is 5.91 Å². The fourth-order valence-corrected chi connectivity index (χ4v) is 3.43. The molecule has 0 aliphatic heterocycles. The van der Waals surface area contributed by atoms with Crippen molar-refractivity contribution in [3.8, 4) is 5.75 Å². The zero-order chi connectivity index (χ0) is 16.8. The summed E-state index contributed by atoms with van der Waals surface area (Å²) in [5.74, 6) is 1.16. The SMILES string of the molecule is COc1ccc(C(NC(=O)C2CCCCC2)c2ccccc2)cc1. The lowest BCUT2D eigenvalue weighted by Gasteiger charge is -2.25. The molecule has 1 amide bonds. The average molecular weight is 323 g/mol. The molecule has 1 atom stereocenters. The van der Waals surface area contributed by atoms with E-state index in [0.717, 1.165) is 42.6 Å². The van der Waals surface area contributed by atoms with Crippen LogP contribution in [0.4, 0.5) is 0 Å². The lowest BCUT2D eigenvalue weighted by atomic mass is 9.88. The Kier molecular flexibility index (Phi) is 5.52. The van der Waals surface area contributed by atoms with Crippen LogP contribution >= 0.6 is 0 Å². The molecular weight excluding hydrogens is 298 g/mol. The Hall–Kier alpha value is -2.29. The van der Waals surface area contributed by atoms with Crippen LogP contribution in [0.5, 0.6) is 5.75 Å². The number of carbonyl (C=O) groups excluding carboxylic acids is 1. The van der Waals surface area contributed by atoms with E-state index in [2.05, 4.69) is 17.4 Å². The normalized spacial score (nSPS) is 16.4. The third-order valence-corrected chi connectivity index (χ3v) is 4.84. The highest BCUT2D eigenvalue weighted by atomic mass is 16.5. The van der Waals surface area contributed by atoms with Crippen molar-refractivity contribution in [2.24, 2.45) is 5.92 Å². The molecule has 0 spiro atoms. The summed E-state index contributed by atoms with van der Waals surface area (Å²) in [5, 5.41) is 3.28. The Balaban J connectivity index is 1.83. The van der Waals surface area contributed by atoms with E-state index in [-0.39, 0.29) is 17.9 Å². The molecule has 0 saturated heterocycles. The van der Waals surface area contributed by atoms with Gasteiger partial charge in [-0.25, -0.2) is 0 Å². The molecule has 24 heavy (non-hydrogen) atoms. The van der Waals surface area contributed by atoms with Crippen LogP contribution in [0.15, 0.2) is 54.6 Å². The molecule has 3 nitrogen and oxygen atoms in total. The van der Waals surface area contributed by atoms with Gasteiger partial charge < -0.3 is 10.1 Å². The fourth-order valence-electron chi connectivity index (χ4n) is 3.43. The number of hydrogen-bond acceptors (Lipinski definition) is 2. The topological polar surface area (TPSA) is 38.3 Å². The van der Waals surface area contributed by atoms with E-state index in [4.69, 9.17) is 4.74 Å². The summed E-state index contributed by atoms with van der Waals surface area (Å²) in [6.07, 6.45) is 5.60. The van der Waals surface area contributed by atoms with Crippen LogP contribution in [0.1, 0.15) is 49.3 Å². The minimum Gasteiger partial charge on any atom is -0.497 e. The van der Waals surface area contributed by atoms with E-state index in [0.29, 0.717) is 0 Å². The third-order valence-electron chi connectivity index (χ3n) is 4.84. The van der Waals surface area contributed by atoms with Crippen molar-refractivity contribution >= 4 is 5.91 Å². The number of rotatable bonds is 5. The van der Waals surface area contributed by atoms with Gasteiger partial charge in [0.1, 0.15) is 5.75 Å². The van der Waals surface area contributed by atoms with Crippen molar-refractivity contribution in [1.29, 1.82) is 0 Å². The second kappa shape index (κ2) is 8.00. The van der Waals surface area contributed by atoms with Gasteiger partial charge in [-0.15, -0.1) is 0 Å². The minimum atomic E-state index is -0.119. The average Bonchev–Trinajstić information content (AvgIpc) is 2.67. The first-order valence-electron chi connectivity index (χ1n) is 8.77. The zero-order valence-electron chi connectivity index (χ0n) is 14.2. The number of ether oxygens (including phenoxy) is 1. The summed E-state index contributed by atoms with van der Waals surface area (Å²) < 4.78 is 5.24. The van der Waals surface area contributed by atoms with Crippen molar-refractivity contribution in [2.45, 2.75) is 38.1 Å². The van der Waals surface area contributed by atoms with E-state index >= 15 is 0 Å². The molecule has 1 N–H and O–H groups in total. The fraction of sp³-hybridized carbons (Fsp3) is 0.381. The maximum Gasteiger partial charge on any atom is 0.223 e. The summed E-state index contributed by atoms with van der Waals surface area (Å²) in [6.45, 7) is 0. The first kappa shape index (κ1) is 16.6. The van der Waals surface area contributed by atoms with Crippen LogP contribution < -0.4 is 10.1 Å². The number of methoxy groups -OCH3 is 1. The molecule has 2 aromatic carbocycles. The maximum absolute atomic E-state index is 12.7. The van der Waals surface area contributed by atoms with Gasteiger partial charge in [0.15, 0.2) is 0 Å². The van der Waals surface area contributed by atoms with Crippen LogP contribution in [-0.4, -0.2) is 13.0 Å². The molecule has 1 saturated carbocycles. The van der Waals surface area contributed by atoms with Crippen molar-refractivity contribution in [1.82, 2.24) is 5.32 Å². The number of carbonyl (C=O) groups is 1. The van der Waals surface area contributed by atoms with Crippen molar-refractivity contribution in [2.75, 3.05) is 7.11 Å².